The van der Waals surface area contributed by atoms with Gasteiger partial charge in [0.25, 0.3) is 15.9 Å². The fourth-order valence-corrected chi connectivity index (χ4v) is 4.99. The summed E-state index contributed by atoms with van der Waals surface area (Å²) < 4.78 is 106. The first kappa shape index (κ1) is 24.9. The number of rotatable bonds is 5. The van der Waals surface area contributed by atoms with Crippen LogP contribution in [0.4, 0.5) is 32.0 Å². The number of alkyl halides is 6. The second-order valence-electron chi connectivity index (χ2n) is 6.57. The zero-order chi connectivity index (χ0) is 24.8. The first-order valence-electron chi connectivity index (χ1n) is 8.60. The van der Waals surface area contributed by atoms with Crippen LogP contribution >= 0.6 is 22.9 Å². The molecule has 0 aliphatic rings. The number of primary amides is 1. The summed E-state index contributed by atoms with van der Waals surface area (Å²) in [7, 11) is -4.98. The molecule has 3 aromatic rings. The number of carbonyl (C=O) groups excluding carboxylic acids is 1. The average molecular weight is 529 g/mol. The maximum atomic E-state index is 13.1. The highest BCUT2D eigenvalue weighted by Crippen LogP contribution is 2.39. The summed E-state index contributed by atoms with van der Waals surface area (Å²) in [4.78, 5) is 10.5. The van der Waals surface area contributed by atoms with Crippen molar-refractivity contribution in [2.75, 3.05) is 4.72 Å². The van der Waals surface area contributed by atoms with E-state index in [1.54, 1.807) is 12.1 Å². The molecule has 0 unspecified atom stereocenters. The van der Waals surface area contributed by atoms with Crippen molar-refractivity contribution in [1.82, 2.24) is 0 Å². The van der Waals surface area contributed by atoms with Crippen LogP contribution in [0.3, 0.4) is 0 Å². The molecule has 14 heteroatoms. The second kappa shape index (κ2) is 8.54. The molecule has 0 atom stereocenters. The quantitative estimate of drug-likeness (QED) is 0.398. The number of sulfonamides is 1. The first-order chi connectivity index (χ1) is 15.1. The highest BCUT2D eigenvalue weighted by Gasteiger charge is 2.38. The minimum Gasteiger partial charge on any atom is -0.365 e. The average Bonchev–Trinajstić information content (AvgIpc) is 3.10. The third-order valence-corrected chi connectivity index (χ3v) is 7.00. The van der Waals surface area contributed by atoms with Gasteiger partial charge in [-0.15, -0.1) is 11.3 Å². The van der Waals surface area contributed by atoms with E-state index in [0.29, 0.717) is 15.5 Å². The van der Waals surface area contributed by atoms with Crippen molar-refractivity contribution in [3.8, 4) is 10.4 Å². The van der Waals surface area contributed by atoms with Crippen LogP contribution in [-0.4, -0.2) is 14.3 Å². The Hall–Kier alpha value is -2.77. The van der Waals surface area contributed by atoms with Crippen molar-refractivity contribution >= 4 is 44.6 Å². The zero-order valence-corrected chi connectivity index (χ0v) is 18.3. The molecule has 1 amide bonds. The first-order valence-corrected chi connectivity index (χ1v) is 11.3. The summed E-state index contributed by atoms with van der Waals surface area (Å²) in [5, 5.41) is 0.399. The predicted molar refractivity (Wildman–Crippen MR) is 111 cm³/mol. The third-order valence-electron chi connectivity index (χ3n) is 4.20. The van der Waals surface area contributed by atoms with Crippen LogP contribution in [0.1, 0.15) is 20.8 Å². The number of thiophene rings is 1. The molecule has 33 heavy (non-hydrogen) atoms. The van der Waals surface area contributed by atoms with Crippen LogP contribution in [0, 0.1) is 0 Å². The molecule has 176 valence electrons. The van der Waals surface area contributed by atoms with Gasteiger partial charge in [-0.05, 0) is 42.0 Å². The van der Waals surface area contributed by atoms with Crippen molar-refractivity contribution in [3.05, 3.63) is 69.6 Å². The van der Waals surface area contributed by atoms with Crippen molar-refractivity contribution < 1.29 is 39.6 Å². The van der Waals surface area contributed by atoms with E-state index < -0.39 is 50.0 Å². The number of nitrogens with two attached hydrogens (primary N) is 1. The van der Waals surface area contributed by atoms with E-state index in [1.807, 2.05) is 4.72 Å². The minimum atomic E-state index is -5.24. The molecule has 1 heterocycles. The monoisotopic (exact) mass is 528 g/mol. The van der Waals surface area contributed by atoms with Crippen molar-refractivity contribution in [3.63, 3.8) is 0 Å². The van der Waals surface area contributed by atoms with Gasteiger partial charge in [0, 0.05) is 9.90 Å². The fraction of sp³-hybridized carbons (Fsp3) is 0.105. The number of hydrogen-bond donors (Lipinski definition) is 2. The van der Waals surface area contributed by atoms with E-state index >= 15 is 0 Å². The smallest absolute Gasteiger partial charge is 0.365 e. The normalized spacial score (nSPS) is 12.6. The zero-order valence-electron chi connectivity index (χ0n) is 15.9. The number of benzene rings is 2. The largest absolute Gasteiger partial charge is 0.416 e. The molecule has 5 nitrogen and oxygen atoms in total. The third kappa shape index (κ3) is 5.60. The summed E-state index contributed by atoms with van der Waals surface area (Å²) in [5.41, 5.74) is 1.77. The van der Waals surface area contributed by atoms with Crippen LogP contribution in [0.25, 0.3) is 10.4 Å². The maximum absolute atomic E-state index is 13.1. The van der Waals surface area contributed by atoms with Crippen LogP contribution in [-0.2, 0) is 22.4 Å². The Morgan fingerprint density at radius 3 is 1.88 bits per heavy atom. The summed E-state index contributed by atoms with van der Waals surface area (Å²) >= 11 is 6.58. The molecular formula is C19H11ClF6N2O3S2. The van der Waals surface area contributed by atoms with Crippen molar-refractivity contribution in [2.24, 2.45) is 5.73 Å². The van der Waals surface area contributed by atoms with Gasteiger partial charge in [-0.3, -0.25) is 9.52 Å². The van der Waals surface area contributed by atoms with Crippen molar-refractivity contribution in [2.45, 2.75) is 17.2 Å². The van der Waals surface area contributed by atoms with Crippen LogP contribution in [0.2, 0.25) is 5.02 Å². The van der Waals surface area contributed by atoms with E-state index in [9.17, 15) is 39.6 Å². The highest BCUT2D eigenvalue weighted by molar-refractivity contribution is 7.92. The van der Waals surface area contributed by atoms with Gasteiger partial charge in [0.15, 0.2) is 0 Å². The van der Waals surface area contributed by atoms with Gasteiger partial charge in [-0.1, -0.05) is 23.7 Å². The summed E-state index contributed by atoms with van der Waals surface area (Å²) in [6.45, 7) is 0. The molecule has 0 fully saturated rings. The number of hydrogen-bond acceptors (Lipinski definition) is 4. The van der Waals surface area contributed by atoms with Gasteiger partial charge in [-0.2, -0.15) is 26.3 Å². The predicted octanol–water partition coefficient (Wildman–Crippen LogP) is 6.01. The molecule has 0 bridgehead atoms. The number of carbonyl (C=O) groups is 1. The molecule has 0 aliphatic carbocycles. The number of nitrogens with one attached hydrogen (secondary N) is 1. The Balaban J connectivity index is 2.10. The Labute approximate surface area is 191 Å². The standard InChI is InChI=1S/C19H11ClF6N2O3S2/c20-12-3-1-9(2-4-12)15-8-14(16(32-15)17(27)29)28-33(30,31)13-6-10(18(21,22)23)5-11(7-13)19(24,25)26/h1-8,28H,(H2,27,29). The van der Waals surface area contributed by atoms with Gasteiger partial charge >= 0.3 is 12.4 Å². The number of halogens is 7. The molecule has 0 saturated carbocycles. The Kier molecular flexibility index (Phi) is 6.43. The molecule has 3 rings (SSSR count). The summed E-state index contributed by atoms with van der Waals surface area (Å²) in [6.07, 6.45) is -10.5. The van der Waals surface area contributed by atoms with Crippen LogP contribution in [0.15, 0.2) is 53.4 Å². The Morgan fingerprint density at radius 1 is 0.909 bits per heavy atom. The topological polar surface area (TPSA) is 89.3 Å². The van der Waals surface area contributed by atoms with E-state index in [1.165, 1.54) is 18.2 Å². The van der Waals surface area contributed by atoms with Gasteiger partial charge in [0.1, 0.15) is 4.88 Å². The molecule has 0 radical (unpaired) electrons. The van der Waals surface area contributed by atoms with Gasteiger partial charge in [-0.25, -0.2) is 8.42 Å². The number of amides is 1. The number of anilines is 1. The minimum absolute atomic E-state index is 0.0635. The lowest BCUT2D eigenvalue weighted by Crippen LogP contribution is -2.19. The molecular weight excluding hydrogens is 518 g/mol. The summed E-state index contributed by atoms with van der Waals surface area (Å²) in [6, 6.07) is 7.26. The second-order valence-corrected chi connectivity index (χ2v) is 9.74. The Morgan fingerprint density at radius 2 is 1.42 bits per heavy atom. The van der Waals surface area contributed by atoms with E-state index in [0.717, 1.165) is 11.3 Å². The molecule has 2 aromatic carbocycles. The van der Waals surface area contributed by atoms with Gasteiger partial charge < -0.3 is 5.73 Å². The lowest BCUT2D eigenvalue weighted by molar-refractivity contribution is -0.143. The molecule has 0 aliphatic heterocycles. The molecule has 0 spiro atoms. The SMILES string of the molecule is NC(=O)c1sc(-c2ccc(Cl)cc2)cc1NS(=O)(=O)c1cc(C(F)(F)F)cc(C(F)(F)F)c1. The highest BCUT2D eigenvalue weighted by atomic mass is 35.5. The van der Waals surface area contributed by atoms with Gasteiger partial charge in [0.2, 0.25) is 0 Å². The van der Waals surface area contributed by atoms with E-state index in [4.69, 9.17) is 17.3 Å². The molecule has 0 saturated heterocycles. The fourth-order valence-electron chi connectivity index (χ4n) is 2.69. The van der Waals surface area contributed by atoms with E-state index in [2.05, 4.69) is 0 Å². The van der Waals surface area contributed by atoms with Gasteiger partial charge in [0.05, 0.1) is 21.7 Å². The van der Waals surface area contributed by atoms with E-state index in [-0.39, 0.29) is 23.1 Å². The molecule has 3 N–H and O–H groups in total. The molecule has 1 aromatic heterocycles. The van der Waals surface area contributed by atoms with Crippen molar-refractivity contribution in [1.29, 1.82) is 0 Å². The maximum Gasteiger partial charge on any atom is 0.416 e. The van der Waals surface area contributed by atoms with Crippen LogP contribution < -0.4 is 10.5 Å². The Bertz CT molecular complexity index is 1280. The van der Waals surface area contributed by atoms with Crippen LogP contribution in [0.5, 0.6) is 0 Å². The summed E-state index contributed by atoms with van der Waals surface area (Å²) in [5.74, 6) is -1.06. The lowest BCUT2D eigenvalue weighted by atomic mass is 10.1. The lowest BCUT2D eigenvalue weighted by Gasteiger charge is -2.15.